The van der Waals surface area contributed by atoms with Gasteiger partial charge in [0, 0.05) is 16.4 Å². The van der Waals surface area contributed by atoms with Gasteiger partial charge in [-0.1, -0.05) is 28.1 Å². The number of amides is 3. The fourth-order valence-electron chi connectivity index (χ4n) is 4.09. The predicted octanol–water partition coefficient (Wildman–Crippen LogP) is 1.95. The number of benzene rings is 1. The Morgan fingerprint density at radius 2 is 1.88 bits per heavy atom. The lowest BCUT2D eigenvalue weighted by atomic mass is 10.1. The zero-order chi connectivity index (χ0) is 24.4. The molecule has 34 heavy (non-hydrogen) atoms. The molecule has 0 radical (unpaired) electrons. The Labute approximate surface area is 206 Å². The van der Waals surface area contributed by atoms with E-state index in [1.807, 2.05) is 37.3 Å². The minimum absolute atomic E-state index is 0.0101. The van der Waals surface area contributed by atoms with Crippen LogP contribution in [0.25, 0.3) is 10.9 Å². The Morgan fingerprint density at radius 1 is 1.15 bits per heavy atom. The van der Waals surface area contributed by atoms with E-state index in [9.17, 15) is 19.5 Å². The Morgan fingerprint density at radius 3 is 2.62 bits per heavy atom. The van der Waals surface area contributed by atoms with Crippen molar-refractivity contribution in [2.75, 3.05) is 6.54 Å². The smallest absolute Gasteiger partial charge is 0.258 e. The quantitative estimate of drug-likeness (QED) is 0.432. The van der Waals surface area contributed by atoms with Crippen LogP contribution in [0.5, 0.6) is 0 Å². The molecule has 2 aromatic rings. The molecule has 1 saturated heterocycles. The van der Waals surface area contributed by atoms with Gasteiger partial charge in [-0.15, -0.1) is 0 Å². The first-order valence-corrected chi connectivity index (χ1v) is 12.4. The van der Waals surface area contributed by atoms with Crippen LogP contribution in [0, 0.1) is 5.92 Å². The van der Waals surface area contributed by atoms with Gasteiger partial charge in [-0.25, -0.2) is 5.43 Å². The van der Waals surface area contributed by atoms with Crippen LogP contribution in [0.4, 0.5) is 0 Å². The molecular formula is C24H30BrN5O4. The maximum Gasteiger partial charge on any atom is 0.258 e. The minimum atomic E-state index is -1.07. The van der Waals surface area contributed by atoms with Crippen molar-refractivity contribution in [2.24, 2.45) is 5.92 Å². The molecule has 1 aliphatic heterocycles. The maximum absolute atomic E-state index is 12.9. The lowest BCUT2D eigenvalue weighted by molar-refractivity contribution is -0.144. The average Bonchev–Trinajstić information content (AvgIpc) is 3.68. The lowest BCUT2D eigenvalue weighted by Gasteiger charge is -2.35. The summed E-state index contributed by atoms with van der Waals surface area (Å²) in [4.78, 5) is 42.6. The molecule has 0 bridgehead atoms. The molecule has 2 heterocycles. The van der Waals surface area contributed by atoms with Gasteiger partial charge in [-0.3, -0.25) is 24.4 Å². The summed E-state index contributed by atoms with van der Waals surface area (Å²) in [5.41, 5.74) is 4.58. The first-order valence-electron chi connectivity index (χ1n) is 11.7. The number of carbonyl (C=O) groups excluding carboxylic acids is 3. The third-order valence-electron chi connectivity index (χ3n) is 6.31. The fourth-order valence-corrected chi connectivity index (χ4v) is 4.44. The molecule has 4 N–H and O–H groups in total. The number of hydrazine groups is 1. The van der Waals surface area contributed by atoms with Crippen molar-refractivity contribution in [3.05, 3.63) is 40.5 Å². The highest BCUT2D eigenvalue weighted by Crippen LogP contribution is 2.32. The summed E-state index contributed by atoms with van der Waals surface area (Å²) in [5, 5.41) is 17.9. The topological polar surface area (TPSA) is 124 Å². The Kier molecular flexibility index (Phi) is 7.49. The number of aromatic nitrogens is 1. The van der Waals surface area contributed by atoms with Crippen molar-refractivity contribution in [3.63, 3.8) is 0 Å². The van der Waals surface area contributed by atoms with E-state index in [1.54, 1.807) is 6.92 Å². The van der Waals surface area contributed by atoms with Crippen molar-refractivity contribution in [1.82, 2.24) is 26.1 Å². The van der Waals surface area contributed by atoms with Gasteiger partial charge in [0.1, 0.15) is 18.2 Å². The zero-order valence-corrected chi connectivity index (χ0v) is 20.8. The van der Waals surface area contributed by atoms with Gasteiger partial charge in [-0.05, 0) is 63.6 Å². The molecule has 4 atom stereocenters. The normalized spacial score (nSPS) is 20.9. The van der Waals surface area contributed by atoms with Gasteiger partial charge < -0.3 is 15.7 Å². The van der Waals surface area contributed by atoms with Crippen LogP contribution in [0.15, 0.2) is 34.8 Å². The third-order valence-corrected chi connectivity index (χ3v) is 6.81. The lowest BCUT2D eigenvalue weighted by Crippen LogP contribution is -2.61. The molecule has 0 spiro atoms. The number of fused-ring (bicyclic) bond motifs is 1. The summed E-state index contributed by atoms with van der Waals surface area (Å²) < 4.78 is 0.935. The summed E-state index contributed by atoms with van der Waals surface area (Å²) in [6.07, 6.45) is 1.81. The molecule has 10 heteroatoms. The highest BCUT2D eigenvalue weighted by Gasteiger charge is 2.37. The predicted molar refractivity (Wildman–Crippen MR) is 130 cm³/mol. The number of rotatable bonds is 7. The monoisotopic (exact) mass is 531 g/mol. The van der Waals surface area contributed by atoms with Crippen molar-refractivity contribution >= 4 is 44.6 Å². The van der Waals surface area contributed by atoms with Crippen LogP contribution < -0.4 is 16.1 Å². The number of nitrogens with zero attached hydrogens (tertiary/aromatic N) is 2. The van der Waals surface area contributed by atoms with Crippen LogP contribution in [-0.2, 0) is 14.4 Å². The van der Waals surface area contributed by atoms with Gasteiger partial charge in [0.2, 0.25) is 11.8 Å². The maximum atomic E-state index is 12.9. The van der Waals surface area contributed by atoms with E-state index in [0.717, 1.165) is 33.9 Å². The number of pyridine rings is 1. The average molecular weight is 532 g/mol. The van der Waals surface area contributed by atoms with Crippen LogP contribution >= 0.6 is 15.9 Å². The summed E-state index contributed by atoms with van der Waals surface area (Å²) >= 11 is 3.46. The molecule has 0 unspecified atom stereocenters. The number of aliphatic hydroxyl groups is 1. The number of nitrogens with one attached hydrogen (secondary N) is 3. The molecule has 2 aliphatic rings. The van der Waals surface area contributed by atoms with E-state index in [2.05, 4.69) is 37.0 Å². The molecule has 2 fully saturated rings. The van der Waals surface area contributed by atoms with E-state index < -0.39 is 24.1 Å². The SMILES string of the molecule is C[C@H](NC(=O)[C@@H](O)C1CC1)C(=O)N1CCC[C@@H](C(=O)N[C@H](C)c2ccc3ccc(Br)cc3n2)N1. The second-order valence-corrected chi connectivity index (χ2v) is 10.0. The third kappa shape index (κ3) is 5.73. The molecule has 182 valence electrons. The molecule has 3 amide bonds. The fraction of sp³-hybridized carbons (Fsp3) is 0.500. The number of carbonyl (C=O) groups is 3. The van der Waals surface area contributed by atoms with Crippen LogP contribution in [0.1, 0.15) is 51.3 Å². The minimum Gasteiger partial charge on any atom is -0.383 e. The summed E-state index contributed by atoms with van der Waals surface area (Å²) in [6, 6.07) is 8.04. The van der Waals surface area contributed by atoms with E-state index in [4.69, 9.17) is 0 Å². The highest BCUT2D eigenvalue weighted by atomic mass is 79.9. The number of aliphatic hydroxyl groups excluding tert-OH is 1. The van der Waals surface area contributed by atoms with Gasteiger partial charge in [-0.2, -0.15) is 0 Å². The van der Waals surface area contributed by atoms with Crippen molar-refractivity contribution in [1.29, 1.82) is 0 Å². The largest absolute Gasteiger partial charge is 0.383 e. The molecule has 1 aromatic heterocycles. The zero-order valence-electron chi connectivity index (χ0n) is 19.3. The molecule has 1 aromatic carbocycles. The molecule has 9 nitrogen and oxygen atoms in total. The summed E-state index contributed by atoms with van der Waals surface area (Å²) in [6.45, 7) is 3.89. The van der Waals surface area contributed by atoms with Gasteiger partial charge >= 0.3 is 0 Å². The first kappa shape index (κ1) is 24.6. The van der Waals surface area contributed by atoms with Crippen molar-refractivity contribution < 1.29 is 19.5 Å². The number of halogens is 1. The van der Waals surface area contributed by atoms with Gasteiger partial charge in [0.15, 0.2) is 0 Å². The second kappa shape index (κ2) is 10.4. The van der Waals surface area contributed by atoms with Crippen LogP contribution in [-0.4, -0.2) is 57.6 Å². The van der Waals surface area contributed by atoms with Gasteiger partial charge in [0.25, 0.3) is 5.91 Å². The Bertz CT molecular complexity index is 1090. The highest BCUT2D eigenvalue weighted by molar-refractivity contribution is 9.10. The van der Waals surface area contributed by atoms with E-state index >= 15 is 0 Å². The summed E-state index contributed by atoms with van der Waals surface area (Å²) in [5.74, 6) is -1.10. The Hall–Kier alpha value is -2.56. The number of hydrogen-bond acceptors (Lipinski definition) is 6. The first-order chi connectivity index (χ1) is 16.2. The second-order valence-electron chi connectivity index (χ2n) is 9.13. The van der Waals surface area contributed by atoms with Gasteiger partial charge in [0.05, 0.1) is 17.3 Å². The summed E-state index contributed by atoms with van der Waals surface area (Å²) in [7, 11) is 0. The molecule has 1 saturated carbocycles. The van der Waals surface area contributed by atoms with E-state index in [-0.39, 0.29) is 23.8 Å². The molecular weight excluding hydrogens is 502 g/mol. The van der Waals surface area contributed by atoms with Crippen LogP contribution in [0.3, 0.4) is 0 Å². The molecule has 1 aliphatic carbocycles. The van der Waals surface area contributed by atoms with E-state index in [0.29, 0.717) is 19.4 Å². The van der Waals surface area contributed by atoms with Crippen molar-refractivity contribution in [3.8, 4) is 0 Å². The van der Waals surface area contributed by atoms with Crippen molar-refractivity contribution in [2.45, 2.75) is 63.8 Å². The van der Waals surface area contributed by atoms with Crippen LogP contribution in [0.2, 0.25) is 0 Å². The molecule has 4 rings (SSSR count). The Balaban J connectivity index is 1.33. The standard InChI is InChI=1S/C24H30BrN5O4/c1-13(18-10-8-15-7-9-17(25)12-20(15)28-18)26-22(32)19-4-3-11-30(29-19)24(34)14(2)27-23(33)21(31)16-5-6-16/h7-10,12-14,16,19,21,29,31H,3-6,11H2,1-2H3,(H,26,32)(H,27,33)/t13-,14+,19+,21+/m1/s1. The number of hydrogen-bond donors (Lipinski definition) is 4. The van der Waals surface area contributed by atoms with E-state index in [1.165, 1.54) is 5.01 Å².